The van der Waals surface area contributed by atoms with Gasteiger partial charge in [0.15, 0.2) is 0 Å². The van der Waals surface area contributed by atoms with Gasteiger partial charge in [0, 0.05) is 49.9 Å². The Morgan fingerprint density at radius 1 is 1.13 bits per heavy atom. The van der Waals surface area contributed by atoms with Crippen LogP contribution in [-0.2, 0) is 4.74 Å². The molecule has 1 amide bonds. The van der Waals surface area contributed by atoms with E-state index >= 15 is 0 Å². The lowest BCUT2D eigenvalue weighted by Crippen LogP contribution is -2.49. The Bertz CT molecular complexity index is 1250. The maximum atomic E-state index is 12.8. The fraction of sp³-hybridized carbons (Fsp3) is 0.533. The molecule has 2 saturated heterocycles. The van der Waals surface area contributed by atoms with Gasteiger partial charge >= 0.3 is 0 Å². The van der Waals surface area contributed by atoms with E-state index in [9.17, 15) is 4.79 Å². The summed E-state index contributed by atoms with van der Waals surface area (Å²) in [5, 5.41) is 6.31. The van der Waals surface area contributed by atoms with Gasteiger partial charge in [-0.2, -0.15) is 0 Å². The minimum Gasteiger partial charge on any atom is -0.384 e. The van der Waals surface area contributed by atoms with Gasteiger partial charge in [-0.05, 0) is 82.4 Å². The van der Waals surface area contributed by atoms with Crippen molar-refractivity contribution in [1.29, 1.82) is 0 Å². The van der Waals surface area contributed by atoms with Gasteiger partial charge in [0.2, 0.25) is 0 Å². The first-order valence-corrected chi connectivity index (χ1v) is 15.6. The van der Waals surface area contributed by atoms with Gasteiger partial charge in [-0.3, -0.25) is 9.69 Å². The Morgan fingerprint density at radius 2 is 1.90 bits per heavy atom. The standard InChI is InChI=1S/C30H40ClN5O2S/c1-3-35(4-2)30(37)22-6-7-24(25(31)20-22)27-21-28(29-26(33-27)10-19-39-29)32-11-5-12-34-13-8-23(9-14-34)36-15-17-38-18-16-36/h6-7,10,19-21,23H,3-5,8-9,11-18H2,1-2H3,(H,32,33). The van der Waals surface area contributed by atoms with Crippen molar-refractivity contribution in [3.63, 3.8) is 0 Å². The van der Waals surface area contributed by atoms with Crippen LogP contribution in [0, 0.1) is 0 Å². The van der Waals surface area contributed by atoms with Crippen molar-refractivity contribution in [1.82, 2.24) is 19.7 Å². The molecule has 0 atom stereocenters. The van der Waals surface area contributed by atoms with Gasteiger partial charge in [0.05, 0.1) is 39.8 Å². The van der Waals surface area contributed by atoms with Gasteiger partial charge < -0.3 is 19.9 Å². The average molecular weight is 570 g/mol. The largest absolute Gasteiger partial charge is 0.384 e. The topological polar surface area (TPSA) is 60.9 Å². The van der Waals surface area contributed by atoms with Crippen LogP contribution in [-0.4, -0.2) is 97.2 Å². The van der Waals surface area contributed by atoms with Crippen molar-refractivity contribution in [3.8, 4) is 11.3 Å². The molecule has 0 radical (unpaired) electrons. The molecule has 9 heteroatoms. The highest BCUT2D eigenvalue weighted by Crippen LogP contribution is 2.35. The molecule has 2 aromatic heterocycles. The number of aromatic nitrogens is 1. The van der Waals surface area contributed by atoms with Gasteiger partial charge in [0.25, 0.3) is 5.91 Å². The zero-order chi connectivity index (χ0) is 27.2. The van der Waals surface area contributed by atoms with Crippen LogP contribution in [0.4, 0.5) is 5.69 Å². The van der Waals surface area contributed by atoms with Crippen molar-refractivity contribution >= 4 is 44.7 Å². The fourth-order valence-electron chi connectivity index (χ4n) is 5.75. The SMILES string of the molecule is CCN(CC)C(=O)c1ccc(-c2cc(NCCCN3CCC(N4CCOCC4)CC3)c3sccc3n2)c(Cl)c1. The Balaban J connectivity index is 1.19. The molecule has 0 saturated carbocycles. The summed E-state index contributed by atoms with van der Waals surface area (Å²) in [4.78, 5) is 24.7. The van der Waals surface area contributed by atoms with Crippen LogP contribution in [0.2, 0.25) is 5.02 Å². The van der Waals surface area contributed by atoms with Crippen LogP contribution in [0.25, 0.3) is 21.5 Å². The number of fused-ring (bicyclic) bond motifs is 1. The number of benzene rings is 1. The maximum absolute atomic E-state index is 12.8. The fourth-order valence-corrected chi connectivity index (χ4v) is 6.85. The molecule has 3 aromatic rings. The molecule has 4 heterocycles. The number of rotatable bonds is 10. The summed E-state index contributed by atoms with van der Waals surface area (Å²) < 4.78 is 6.68. The quantitative estimate of drug-likeness (QED) is 0.316. The molecule has 2 fully saturated rings. The summed E-state index contributed by atoms with van der Waals surface area (Å²) in [6.45, 7) is 13.6. The van der Waals surface area contributed by atoms with Crippen LogP contribution in [0.3, 0.4) is 0 Å². The third-order valence-corrected chi connectivity index (χ3v) is 9.29. The van der Waals surface area contributed by atoms with Crippen molar-refractivity contribution in [3.05, 3.63) is 46.3 Å². The number of anilines is 1. The number of hydrogen-bond donors (Lipinski definition) is 1. The zero-order valence-corrected chi connectivity index (χ0v) is 24.7. The highest BCUT2D eigenvalue weighted by Gasteiger charge is 2.25. The number of piperidine rings is 1. The second kappa shape index (κ2) is 13.4. The number of likely N-dealkylation sites (tertiary alicyclic amines) is 1. The van der Waals surface area contributed by atoms with Gasteiger partial charge in [-0.1, -0.05) is 17.7 Å². The van der Waals surface area contributed by atoms with E-state index in [1.807, 2.05) is 26.0 Å². The van der Waals surface area contributed by atoms with Crippen molar-refractivity contribution in [2.45, 2.75) is 39.2 Å². The summed E-state index contributed by atoms with van der Waals surface area (Å²) in [5.41, 5.74) is 4.32. The van der Waals surface area contributed by atoms with Gasteiger partial charge in [0.1, 0.15) is 0 Å². The number of hydrogen-bond acceptors (Lipinski definition) is 7. The Labute approximate surface area is 241 Å². The van der Waals surface area contributed by atoms with Gasteiger partial charge in [-0.25, -0.2) is 4.98 Å². The summed E-state index contributed by atoms with van der Waals surface area (Å²) in [7, 11) is 0. The third-order valence-electron chi connectivity index (χ3n) is 8.04. The molecule has 2 aliphatic rings. The number of pyridine rings is 1. The summed E-state index contributed by atoms with van der Waals surface area (Å²) in [5.74, 6) is 0.00220. The van der Waals surface area contributed by atoms with E-state index in [1.54, 1.807) is 22.3 Å². The van der Waals surface area contributed by atoms with Crippen molar-refractivity contribution in [2.24, 2.45) is 0 Å². The van der Waals surface area contributed by atoms with Crippen LogP contribution in [0.1, 0.15) is 43.5 Å². The highest BCUT2D eigenvalue weighted by molar-refractivity contribution is 7.17. The molecular weight excluding hydrogens is 530 g/mol. The lowest BCUT2D eigenvalue weighted by atomic mass is 10.0. The minimum absolute atomic E-state index is 0.00220. The molecule has 5 rings (SSSR count). The Morgan fingerprint density at radius 3 is 2.62 bits per heavy atom. The average Bonchev–Trinajstić information content (AvgIpc) is 3.45. The number of thiophene rings is 1. The van der Waals surface area contributed by atoms with Crippen LogP contribution < -0.4 is 5.32 Å². The number of halogens is 1. The first-order valence-electron chi connectivity index (χ1n) is 14.3. The Hall–Kier alpha value is -2.23. The predicted molar refractivity (Wildman–Crippen MR) is 162 cm³/mol. The molecule has 0 aliphatic carbocycles. The summed E-state index contributed by atoms with van der Waals surface area (Å²) in [6, 6.07) is 10.4. The third kappa shape index (κ3) is 6.74. The lowest BCUT2D eigenvalue weighted by molar-refractivity contribution is 0.000914. The highest BCUT2D eigenvalue weighted by atomic mass is 35.5. The van der Waals surface area contributed by atoms with Crippen LogP contribution in [0.5, 0.6) is 0 Å². The summed E-state index contributed by atoms with van der Waals surface area (Å²) in [6.07, 6.45) is 3.61. The minimum atomic E-state index is 0.00220. The lowest BCUT2D eigenvalue weighted by Gasteiger charge is -2.40. The molecule has 210 valence electrons. The first kappa shape index (κ1) is 28.3. The van der Waals surface area contributed by atoms with Crippen molar-refractivity contribution < 1.29 is 9.53 Å². The molecule has 0 unspecified atom stereocenters. The zero-order valence-electron chi connectivity index (χ0n) is 23.1. The Kier molecular flexibility index (Phi) is 9.74. The monoisotopic (exact) mass is 569 g/mol. The molecule has 0 bridgehead atoms. The molecule has 39 heavy (non-hydrogen) atoms. The molecule has 1 N–H and O–H groups in total. The van der Waals surface area contributed by atoms with E-state index in [0.29, 0.717) is 23.7 Å². The number of nitrogens with one attached hydrogen (secondary N) is 1. The van der Waals surface area contributed by atoms with E-state index < -0.39 is 0 Å². The van der Waals surface area contributed by atoms with Crippen LogP contribution in [0.15, 0.2) is 35.7 Å². The van der Waals surface area contributed by atoms with Gasteiger partial charge in [-0.15, -0.1) is 11.3 Å². The van der Waals surface area contributed by atoms with Crippen molar-refractivity contribution in [2.75, 3.05) is 70.9 Å². The van der Waals surface area contributed by atoms with E-state index in [1.165, 1.54) is 25.9 Å². The molecule has 2 aliphatic heterocycles. The van der Waals surface area contributed by atoms with E-state index in [-0.39, 0.29) is 5.91 Å². The molecule has 7 nitrogen and oxygen atoms in total. The number of nitrogens with zero attached hydrogens (tertiary/aromatic N) is 4. The normalized spacial score (nSPS) is 17.5. The molecular formula is C30H40ClN5O2S. The summed E-state index contributed by atoms with van der Waals surface area (Å²) >= 11 is 8.41. The molecule has 0 spiro atoms. The second-order valence-electron chi connectivity index (χ2n) is 10.4. The van der Waals surface area contributed by atoms with E-state index in [0.717, 1.165) is 79.0 Å². The van der Waals surface area contributed by atoms with E-state index in [2.05, 4.69) is 32.6 Å². The number of amides is 1. The number of carbonyl (C=O) groups is 1. The number of carbonyl (C=O) groups excluding carboxylic acids is 1. The number of ether oxygens (including phenoxy) is 1. The second-order valence-corrected chi connectivity index (χ2v) is 11.7. The smallest absolute Gasteiger partial charge is 0.253 e. The van der Waals surface area contributed by atoms with E-state index in [4.69, 9.17) is 21.3 Å². The van der Waals surface area contributed by atoms with Crippen LogP contribution >= 0.6 is 22.9 Å². The maximum Gasteiger partial charge on any atom is 0.253 e. The predicted octanol–water partition coefficient (Wildman–Crippen LogP) is 5.70. The number of morpholine rings is 1. The first-order chi connectivity index (χ1) is 19.1. The molecule has 1 aromatic carbocycles.